The summed E-state index contributed by atoms with van der Waals surface area (Å²) in [7, 11) is -1.75. The molecule has 0 spiro atoms. The van der Waals surface area contributed by atoms with E-state index in [2.05, 4.69) is 32.8 Å². The second kappa shape index (κ2) is 9.47. The summed E-state index contributed by atoms with van der Waals surface area (Å²) in [5.41, 5.74) is 3.17. The Balaban J connectivity index is 1.78. The lowest BCUT2D eigenvalue weighted by atomic mass is 10.0. The molecule has 0 unspecified atom stereocenters. The monoisotopic (exact) mass is 557 g/mol. The Kier molecular flexibility index (Phi) is 6.57. The highest BCUT2D eigenvalue weighted by atomic mass is 79.9. The fourth-order valence-corrected chi connectivity index (χ4v) is 6.54. The molecule has 8 heteroatoms. The Bertz CT molecular complexity index is 1430. The number of benzene rings is 3. The molecular formula is C26H25BrClN3O2S. The van der Waals surface area contributed by atoms with Crippen LogP contribution in [-0.2, 0) is 16.6 Å². The van der Waals surface area contributed by atoms with Crippen LogP contribution in [-0.4, -0.2) is 55.4 Å². The lowest BCUT2D eigenvalue weighted by Crippen LogP contribution is -2.43. The summed E-state index contributed by atoms with van der Waals surface area (Å²) >= 11 is 9.83. The van der Waals surface area contributed by atoms with E-state index in [1.807, 2.05) is 42.5 Å². The molecule has 1 fully saturated rings. The second-order valence-corrected chi connectivity index (χ2v) is 11.8. The van der Waals surface area contributed by atoms with Crippen LogP contribution in [0.4, 0.5) is 0 Å². The molecule has 176 valence electrons. The van der Waals surface area contributed by atoms with E-state index in [-0.39, 0.29) is 4.90 Å². The molecule has 5 rings (SSSR count). The van der Waals surface area contributed by atoms with Crippen molar-refractivity contribution in [3.05, 3.63) is 87.9 Å². The zero-order valence-corrected chi connectivity index (χ0v) is 21.9. The van der Waals surface area contributed by atoms with E-state index in [4.69, 9.17) is 11.6 Å². The van der Waals surface area contributed by atoms with Crippen LogP contribution >= 0.6 is 27.5 Å². The fourth-order valence-electron chi connectivity index (χ4n) is 4.54. The van der Waals surface area contributed by atoms with Gasteiger partial charge < -0.3 is 4.90 Å². The van der Waals surface area contributed by atoms with Crippen LogP contribution in [0.5, 0.6) is 0 Å². The highest BCUT2D eigenvalue weighted by Gasteiger charge is 2.29. The van der Waals surface area contributed by atoms with Crippen molar-refractivity contribution < 1.29 is 8.42 Å². The van der Waals surface area contributed by atoms with E-state index < -0.39 is 10.0 Å². The molecule has 0 saturated carbocycles. The zero-order chi connectivity index (χ0) is 23.9. The molecule has 1 aliphatic rings. The third-order valence-corrected chi connectivity index (χ3v) is 8.86. The van der Waals surface area contributed by atoms with Crippen LogP contribution in [0.2, 0.25) is 5.02 Å². The number of rotatable bonds is 5. The number of piperazine rings is 1. The largest absolute Gasteiger partial charge is 0.304 e. The fraction of sp³-hybridized carbons (Fsp3) is 0.231. The first kappa shape index (κ1) is 23.6. The Morgan fingerprint density at radius 2 is 1.59 bits per heavy atom. The number of likely N-dealkylation sites (N-methyl/N-ethyl adjacent to an activating group) is 1. The summed E-state index contributed by atoms with van der Waals surface area (Å²) in [5.74, 6) is 0. The lowest BCUT2D eigenvalue weighted by molar-refractivity contribution is 0.148. The van der Waals surface area contributed by atoms with E-state index >= 15 is 0 Å². The minimum Gasteiger partial charge on any atom is -0.304 e. The molecule has 0 atom stereocenters. The van der Waals surface area contributed by atoms with E-state index in [9.17, 15) is 8.42 Å². The van der Waals surface area contributed by atoms with E-state index in [0.717, 1.165) is 47.2 Å². The average molecular weight is 559 g/mol. The van der Waals surface area contributed by atoms with Crippen molar-refractivity contribution in [3.8, 4) is 11.3 Å². The minimum atomic E-state index is -3.88. The third kappa shape index (κ3) is 4.43. The Labute approximate surface area is 213 Å². The molecular weight excluding hydrogens is 534 g/mol. The van der Waals surface area contributed by atoms with Gasteiger partial charge in [-0.25, -0.2) is 12.4 Å². The van der Waals surface area contributed by atoms with Gasteiger partial charge in [0, 0.05) is 53.2 Å². The van der Waals surface area contributed by atoms with Crippen molar-refractivity contribution in [2.75, 3.05) is 33.2 Å². The minimum absolute atomic E-state index is 0.242. The maximum atomic E-state index is 14.1. The zero-order valence-electron chi connectivity index (χ0n) is 18.8. The molecule has 34 heavy (non-hydrogen) atoms. The van der Waals surface area contributed by atoms with Crippen LogP contribution < -0.4 is 0 Å². The van der Waals surface area contributed by atoms with Crippen molar-refractivity contribution in [2.45, 2.75) is 11.4 Å². The van der Waals surface area contributed by atoms with Gasteiger partial charge in [-0.3, -0.25) is 4.90 Å². The molecule has 0 bridgehead atoms. The first-order chi connectivity index (χ1) is 16.3. The number of halogens is 2. The smallest absolute Gasteiger partial charge is 0.268 e. The van der Waals surface area contributed by atoms with Crippen LogP contribution in [0.15, 0.2) is 82.2 Å². The van der Waals surface area contributed by atoms with Gasteiger partial charge in [0.1, 0.15) is 0 Å². The van der Waals surface area contributed by atoms with Crippen molar-refractivity contribution in [1.29, 1.82) is 0 Å². The van der Waals surface area contributed by atoms with Crippen LogP contribution in [0.3, 0.4) is 0 Å². The lowest BCUT2D eigenvalue weighted by Gasteiger charge is -2.32. The van der Waals surface area contributed by atoms with Crippen LogP contribution in [0, 0.1) is 0 Å². The molecule has 1 saturated heterocycles. The van der Waals surface area contributed by atoms with Gasteiger partial charge in [-0.05, 0) is 55.1 Å². The number of aromatic nitrogens is 1. The van der Waals surface area contributed by atoms with Crippen molar-refractivity contribution in [3.63, 3.8) is 0 Å². The topological polar surface area (TPSA) is 45.5 Å². The predicted molar refractivity (Wildman–Crippen MR) is 142 cm³/mol. The van der Waals surface area contributed by atoms with E-state index in [1.165, 1.54) is 3.97 Å². The predicted octanol–water partition coefficient (Wildman–Crippen LogP) is 5.71. The SMILES string of the molecule is CN1CCN(Cc2c(-c3ccccc3)n(S(=O)(=O)c3ccc(Br)cc3)c3ccc(Cl)cc23)CC1. The maximum Gasteiger partial charge on any atom is 0.268 e. The van der Waals surface area contributed by atoms with E-state index in [1.54, 1.807) is 30.3 Å². The molecule has 1 aliphatic heterocycles. The Morgan fingerprint density at radius 3 is 2.26 bits per heavy atom. The van der Waals surface area contributed by atoms with Crippen molar-refractivity contribution in [1.82, 2.24) is 13.8 Å². The molecule has 1 aromatic heterocycles. The molecule has 5 nitrogen and oxygen atoms in total. The average Bonchev–Trinajstić information content (AvgIpc) is 3.15. The number of hydrogen-bond acceptors (Lipinski definition) is 4. The summed E-state index contributed by atoms with van der Waals surface area (Å²) in [6, 6.07) is 22.0. The Hall–Kier alpha value is -2.16. The number of nitrogens with zero attached hydrogens (tertiary/aromatic N) is 3. The van der Waals surface area contributed by atoms with Gasteiger partial charge in [-0.2, -0.15) is 0 Å². The quantitative estimate of drug-likeness (QED) is 0.315. The Morgan fingerprint density at radius 1 is 0.912 bits per heavy atom. The standard InChI is InChI=1S/C26H25BrClN3O2S/c1-29-13-15-30(16-14-29)18-24-23-17-21(28)9-12-25(23)31(26(24)19-5-3-2-4-6-19)34(32,33)22-10-7-20(27)8-11-22/h2-12,17H,13-16,18H2,1H3. The molecule has 0 radical (unpaired) electrons. The molecule has 3 aromatic carbocycles. The van der Waals surface area contributed by atoms with Gasteiger partial charge in [-0.15, -0.1) is 0 Å². The van der Waals surface area contributed by atoms with Gasteiger partial charge >= 0.3 is 0 Å². The molecule has 0 N–H and O–H groups in total. The molecule has 0 aliphatic carbocycles. The molecule has 4 aromatic rings. The van der Waals surface area contributed by atoms with Crippen LogP contribution in [0.1, 0.15) is 5.56 Å². The highest BCUT2D eigenvalue weighted by Crippen LogP contribution is 2.39. The summed E-state index contributed by atoms with van der Waals surface area (Å²) < 4.78 is 30.5. The van der Waals surface area contributed by atoms with Gasteiger partial charge in [0.2, 0.25) is 0 Å². The van der Waals surface area contributed by atoms with Crippen molar-refractivity contribution >= 4 is 48.5 Å². The molecule has 2 heterocycles. The first-order valence-electron chi connectivity index (χ1n) is 11.1. The van der Waals surface area contributed by atoms with Gasteiger partial charge in [-0.1, -0.05) is 57.9 Å². The highest BCUT2D eigenvalue weighted by molar-refractivity contribution is 9.10. The van der Waals surface area contributed by atoms with E-state index in [0.29, 0.717) is 22.8 Å². The first-order valence-corrected chi connectivity index (χ1v) is 13.8. The maximum absolute atomic E-state index is 14.1. The summed E-state index contributed by atoms with van der Waals surface area (Å²) in [5, 5.41) is 1.45. The van der Waals surface area contributed by atoms with Crippen molar-refractivity contribution in [2.24, 2.45) is 0 Å². The second-order valence-electron chi connectivity index (χ2n) is 8.66. The normalized spacial score (nSPS) is 15.7. The number of fused-ring (bicyclic) bond motifs is 1. The van der Waals surface area contributed by atoms with Gasteiger partial charge in [0.15, 0.2) is 0 Å². The van der Waals surface area contributed by atoms with Crippen LogP contribution in [0.25, 0.3) is 22.2 Å². The van der Waals surface area contributed by atoms with Gasteiger partial charge in [0.25, 0.3) is 10.0 Å². The van der Waals surface area contributed by atoms with Gasteiger partial charge in [0.05, 0.1) is 16.1 Å². The summed E-state index contributed by atoms with van der Waals surface area (Å²) in [6.07, 6.45) is 0. The third-order valence-electron chi connectivity index (χ3n) is 6.37. The summed E-state index contributed by atoms with van der Waals surface area (Å²) in [4.78, 5) is 4.94. The summed E-state index contributed by atoms with van der Waals surface area (Å²) in [6.45, 7) is 4.47. The number of hydrogen-bond donors (Lipinski definition) is 0. The molecule has 0 amide bonds.